The van der Waals surface area contributed by atoms with Gasteiger partial charge in [0.25, 0.3) is 5.91 Å². The smallest absolute Gasteiger partial charge is 0.261 e. The van der Waals surface area contributed by atoms with Gasteiger partial charge in [-0.25, -0.2) is 4.98 Å². The van der Waals surface area contributed by atoms with Crippen LogP contribution >= 0.6 is 47.5 Å². The van der Waals surface area contributed by atoms with E-state index in [2.05, 4.69) is 29.4 Å². The molecular weight excluding hydrogens is 411 g/mol. The number of carbonyl (C=O) groups is 1. The SMILES string of the molecule is CCN(CC)c1nc2sc(C(=O)NC3CC4CCC(C3)N4)cc2s1.Cl.Cl. The molecule has 2 aliphatic rings. The van der Waals surface area contributed by atoms with Gasteiger partial charge >= 0.3 is 0 Å². The number of carbonyl (C=O) groups excluding carboxylic acids is 1. The van der Waals surface area contributed by atoms with Crippen LogP contribution in [0.25, 0.3) is 9.53 Å². The summed E-state index contributed by atoms with van der Waals surface area (Å²) in [7, 11) is 0. The van der Waals surface area contributed by atoms with Crippen LogP contribution in [0.4, 0.5) is 5.13 Å². The lowest BCUT2D eigenvalue weighted by atomic mass is 10.00. The lowest BCUT2D eigenvalue weighted by Gasteiger charge is -2.29. The number of hydrogen-bond acceptors (Lipinski definition) is 6. The molecule has 0 saturated carbocycles. The summed E-state index contributed by atoms with van der Waals surface area (Å²) < 4.78 is 1.12. The first kappa shape index (κ1) is 21.7. The van der Waals surface area contributed by atoms with E-state index >= 15 is 0 Å². The number of nitrogens with one attached hydrogen (secondary N) is 2. The molecule has 2 bridgehead atoms. The van der Waals surface area contributed by atoms with Crippen molar-refractivity contribution in [3.05, 3.63) is 10.9 Å². The van der Waals surface area contributed by atoms with Gasteiger partial charge in [0.1, 0.15) is 4.83 Å². The summed E-state index contributed by atoms with van der Waals surface area (Å²) in [6.45, 7) is 6.21. The molecule has 2 fully saturated rings. The van der Waals surface area contributed by atoms with E-state index in [1.54, 1.807) is 11.3 Å². The van der Waals surface area contributed by atoms with Crippen molar-refractivity contribution >= 4 is 68.1 Å². The highest BCUT2D eigenvalue weighted by Crippen LogP contribution is 2.35. The van der Waals surface area contributed by atoms with E-state index in [-0.39, 0.29) is 30.7 Å². The van der Waals surface area contributed by atoms with Gasteiger partial charge in [0.15, 0.2) is 5.13 Å². The number of piperidine rings is 1. The van der Waals surface area contributed by atoms with E-state index in [1.807, 2.05) is 6.07 Å². The van der Waals surface area contributed by atoms with Crippen molar-refractivity contribution in [1.29, 1.82) is 0 Å². The molecule has 4 heterocycles. The summed E-state index contributed by atoms with van der Waals surface area (Å²) >= 11 is 3.20. The normalized spacial score (nSPS) is 24.0. The van der Waals surface area contributed by atoms with Gasteiger partial charge in [0.2, 0.25) is 0 Å². The molecular formula is C17H26Cl2N4OS2. The van der Waals surface area contributed by atoms with Gasteiger partial charge in [0.05, 0.1) is 9.58 Å². The van der Waals surface area contributed by atoms with Gasteiger partial charge < -0.3 is 15.5 Å². The Morgan fingerprint density at radius 3 is 2.46 bits per heavy atom. The lowest BCUT2D eigenvalue weighted by molar-refractivity contribution is 0.0928. The molecule has 2 N–H and O–H groups in total. The molecule has 5 nitrogen and oxygen atoms in total. The molecule has 26 heavy (non-hydrogen) atoms. The standard InChI is InChI=1S/C17H24N4OS2.2ClH/c1-3-21(4-2)17-20-16-14(24-17)9-13(23-16)15(22)19-12-7-10-5-6-11(8-12)18-10;;/h9-12,18H,3-8H2,1-2H3,(H,19,22);2*1H. The number of anilines is 1. The fourth-order valence-electron chi connectivity index (χ4n) is 3.90. The first-order chi connectivity index (χ1) is 11.7. The Labute approximate surface area is 174 Å². The molecule has 0 aliphatic carbocycles. The molecule has 2 atom stereocenters. The van der Waals surface area contributed by atoms with Crippen molar-refractivity contribution < 1.29 is 4.79 Å². The highest BCUT2D eigenvalue weighted by atomic mass is 35.5. The van der Waals surface area contributed by atoms with Crippen molar-refractivity contribution in [3.8, 4) is 0 Å². The van der Waals surface area contributed by atoms with Crippen molar-refractivity contribution in [2.24, 2.45) is 0 Å². The molecule has 2 aromatic rings. The molecule has 9 heteroatoms. The number of fused-ring (bicyclic) bond motifs is 3. The highest BCUT2D eigenvalue weighted by Gasteiger charge is 2.34. The zero-order valence-corrected chi connectivity index (χ0v) is 18.3. The van der Waals surface area contributed by atoms with Gasteiger partial charge in [-0.3, -0.25) is 4.79 Å². The largest absolute Gasteiger partial charge is 0.349 e. The average molecular weight is 437 g/mol. The van der Waals surface area contributed by atoms with Crippen LogP contribution in [0, 0.1) is 0 Å². The van der Waals surface area contributed by atoms with Crippen molar-refractivity contribution in [1.82, 2.24) is 15.6 Å². The number of halogens is 2. The minimum absolute atomic E-state index is 0. The summed E-state index contributed by atoms with van der Waals surface area (Å²) in [5.74, 6) is 0.0703. The molecule has 0 radical (unpaired) electrons. The molecule has 4 rings (SSSR count). The quantitative estimate of drug-likeness (QED) is 0.741. The second-order valence-corrected chi connectivity index (χ2v) is 8.77. The zero-order valence-electron chi connectivity index (χ0n) is 15.0. The van der Waals surface area contributed by atoms with Crippen LogP contribution in [0.1, 0.15) is 49.2 Å². The minimum Gasteiger partial charge on any atom is -0.349 e. The first-order valence-electron chi connectivity index (χ1n) is 8.88. The first-order valence-corrected chi connectivity index (χ1v) is 10.5. The van der Waals surface area contributed by atoms with Gasteiger partial charge in [-0.05, 0) is 45.6 Å². The molecule has 0 aromatic carbocycles. The molecule has 2 aromatic heterocycles. The lowest BCUT2D eigenvalue weighted by Crippen LogP contribution is -2.47. The van der Waals surface area contributed by atoms with E-state index in [1.165, 1.54) is 24.2 Å². The number of rotatable bonds is 5. The fraction of sp³-hybridized carbons (Fsp3) is 0.647. The van der Waals surface area contributed by atoms with Gasteiger partial charge in [-0.15, -0.1) is 36.2 Å². The zero-order chi connectivity index (χ0) is 16.7. The van der Waals surface area contributed by atoms with E-state index in [4.69, 9.17) is 4.98 Å². The minimum atomic E-state index is 0. The average Bonchev–Trinajstić information content (AvgIpc) is 3.22. The highest BCUT2D eigenvalue weighted by molar-refractivity contribution is 7.29. The predicted octanol–water partition coefficient (Wildman–Crippen LogP) is 4.06. The molecule has 1 amide bonds. The topological polar surface area (TPSA) is 57.3 Å². The van der Waals surface area contributed by atoms with Crippen molar-refractivity contribution in [2.75, 3.05) is 18.0 Å². The number of aromatic nitrogens is 1. The maximum Gasteiger partial charge on any atom is 0.261 e. The summed E-state index contributed by atoms with van der Waals surface area (Å²) in [6, 6.07) is 3.52. The van der Waals surface area contributed by atoms with Crippen LogP contribution in [0.2, 0.25) is 0 Å². The van der Waals surface area contributed by atoms with Crippen LogP contribution in [0.3, 0.4) is 0 Å². The Bertz CT molecular complexity index is 703. The van der Waals surface area contributed by atoms with Gasteiger partial charge in [0, 0.05) is 31.2 Å². The van der Waals surface area contributed by atoms with Gasteiger partial charge in [-0.2, -0.15) is 0 Å². The van der Waals surface area contributed by atoms with Crippen molar-refractivity contribution in [2.45, 2.75) is 57.7 Å². The molecule has 0 spiro atoms. The Kier molecular flexibility index (Phi) is 7.56. The summed E-state index contributed by atoms with van der Waals surface area (Å²) in [5, 5.41) is 7.92. The van der Waals surface area contributed by atoms with Crippen LogP contribution in [0.5, 0.6) is 0 Å². The number of nitrogens with zero attached hydrogens (tertiary/aromatic N) is 2. The fourth-order valence-corrected chi connectivity index (χ4v) is 6.14. The van der Waals surface area contributed by atoms with Crippen LogP contribution in [-0.2, 0) is 0 Å². The second-order valence-electron chi connectivity index (χ2n) is 6.73. The summed E-state index contributed by atoms with van der Waals surface area (Å²) in [6.07, 6.45) is 4.63. The monoisotopic (exact) mass is 436 g/mol. The van der Waals surface area contributed by atoms with Crippen LogP contribution in [0.15, 0.2) is 6.07 Å². The Morgan fingerprint density at radius 1 is 1.23 bits per heavy atom. The third kappa shape index (κ3) is 4.28. The maximum absolute atomic E-state index is 12.6. The number of thiazole rings is 1. The second kappa shape index (κ2) is 9.06. The van der Waals surface area contributed by atoms with Crippen molar-refractivity contribution in [3.63, 3.8) is 0 Å². The Morgan fingerprint density at radius 2 is 1.88 bits per heavy atom. The van der Waals surface area contributed by atoms with Gasteiger partial charge in [-0.1, -0.05) is 11.3 Å². The van der Waals surface area contributed by atoms with E-state index in [9.17, 15) is 4.79 Å². The van der Waals surface area contributed by atoms with E-state index < -0.39 is 0 Å². The Hall–Kier alpha value is -0.600. The maximum atomic E-state index is 12.6. The van der Waals surface area contributed by atoms with E-state index in [0.29, 0.717) is 18.1 Å². The molecule has 146 valence electrons. The molecule has 2 saturated heterocycles. The third-order valence-corrected chi connectivity index (χ3v) is 7.36. The third-order valence-electron chi connectivity index (χ3n) is 5.14. The summed E-state index contributed by atoms with van der Waals surface area (Å²) in [5.41, 5.74) is 0. The van der Waals surface area contributed by atoms with Crippen LogP contribution < -0.4 is 15.5 Å². The van der Waals surface area contributed by atoms with Crippen LogP contribution in [-0.4, -0.2) is 42.1 Å². The Balaban J connectivity index is 0.00000121. The number of amides is 1. The predicted molar refractivity (Wildman–Crippen MR) is 116 cm³/mol. The number of thiophene rings is 1. The summed E-state index contributed by atoms with van der Waals surface area (Å²) in [4.78, 5) is 21.3. The number of hydrogen-bond donors (Lipinski definition) is 2. The molecule has 2 unspecified atom stereocenters. The molecule has 2 aliphatic heterocycles. The van der Waals surface area contributed by atoms with E-state index in [0.717, 1.165) is 45.5 Å².